The SMILES string of the molecule is N#Cc1ccc(CSCc2ccc(N)cc2)cc1. The fourth-order valence-electron chi connectivity index (χ4n) is 1.58. The van der Waals surface area contributed by atoms with Crippen molar-refractivity contribution < 1.29 is 0 Å². The smallest absolute Gasteiger partial charge is 0.0991 e. The molecule has 0 radical (unpaired) electrons. The van der Waals surface area contributed by atoms with Crippen molar-refractivity contribution in [1.82, 2.24) is 0 Å². The fourth-order valence-corrected chi connectivity index (χ4v) is 2.53. The predicted octanol–water partition coefficient (Wildman–Crippen LogP) is 3.57. The van der Waals surface area contributed by atoms with Gasteiger partial charge in [-0.2, -0.15) is 17.0 Å². The van der Waals surface area contributed by atoms with Gasteiger partial charge in [0.15, 0.2) is 0 Å². The van der Waals surface area contributed by atoms with Crippen LogP contribution in [0.15, 0.2) is 48.5 Å². The van der Waals surface area contributed by atoms with Gasteiger partial charge in [-0.05, 0) is 35.4 Å². The molecular weight excluding hydrogens is 240 g/mol. The summed E-state index contributed by atoms with van der Waals surface area (Å²) >= 11 is 1.86. The minimum atomic E-state index is 0.710. The molecule has 0 bridgehead atoms. The van der Waals surface area contributed by atoms with E-state index in [2.05, 4.69) is 18.2 Å². The van der Waals surface area contributed by atoms with E-state index in [0.29, 0.717) is 5.56 Å². The minimum absolute atomic E-state index is 0.710. The summed E-state index contributed by atoms with van der Waals surface area (Å²) < 4.78 is 0. The molecule has 0 amide bonds. The third-order valence-electron chi connectivity index (χ3n) is 2.60. The lowest BCUT2D eigenvalue weighted by molar-refractivity contribution is 1.36. The van der Waals surface area contributed by atoms with Gasteiger partial charge in [0.1, 0.15) is 0 Å². The molecular formula is C15H14N2S. The molecule has 2 nitrogen and oxygen atoms in total. The number of nitrogens with two attached hydrogens (primary N) is 1. The van der Waals surface area contributed by atoms with Crippen LogP contribution >= 0.6 is 11.8 Å². The van der Waals surface area contributed by atoms with Crippen LogP contribution in [0, 0.1) is 11.3 Å². The molecule has 0 aliphatic carbocycles. The number of thioether (sulfide) groups is 1. The highest BCUT2D eigenvalue weighted by Crippen LogP contribution is 2.18. The molecule has 2 N–H and O–H groups in total. The predicted molar refractivity (Wildman–Crippen MR) is 77.0 cm³/mol. The Balaban J connectivity index is 1.84. The Kier molecular flexibility index (Phi) is 4.27. The topological polar surface area (TPSA) is 49.8 Å². The maximum Gasteiger partial charge on any atom is 0.0991 e. The van der Waals surface area contributed by atoms with E-state index in [1.54, 1.807) is 0 Å². The van der Waals surface area contributed by atoms with E-state index in [9.17, 15) is 0 Å². The van der Waals surface area contributed by atoms with Crippen molar-refractivity contribution >= 4 is 17.4 Å². The molecule has 18 heavy (non-hydrogen) atoms. The zero-order valence-electron chi connectivity index (χ0n) is 9.97. The van der Waals surface area contributed by atoms with Gasteiger partial charge in [0, 0.05) is 17.2 Å². The van der Waals surface area contributed by atoms with E-state index in [1.807, 2.05) is 48.2 Å². The second kappa shape index (κ2) is 6.13. The van der Waals surface area contributed by atoms with Gasteiger partial charge < -0.3 is 5.73 Å². The molecule has 0 fully saturated rings. The molecule has 2 aromatic carbocycles. The van der Waals surface area contributed by atoms with Crippen LogP contribution in [0.1, 0.15) is 16.7 Å². The number of rotatable bonds is 4. The lowest BCUT2D eigenvalue weighted by atomic mass is 10.2. The quantitative estimate of drug-likeness (QED) is 0.848. The number of anilines is 1. The van der Waals surface area contributed by atoms with Gasteiger partial charge in [0.25, 0.3) is 0 Å². The van der Waals surface area contributed by atoms with Gasteiger partial charge >= 0.3 is 0 Å². The number of nitrogens with zero attached hydrogens (tertiary/aromatic N) is 1. The summed E-state index contributed by atoms with van der Waals surface area (Å²) in [7, 11) is 0. The van der Waals surface area contributed by atoms with Gasteiger partial charge in [-0.1, -0.05) is 24.3 Å². The van der Waals surface area contributed by atoms with Crippen LogP contribution in [-0.4, -0.2) is 0 Å². The van der Waals surface area contributed by atoms with Gasteiger partial charge in [-0.25, -0.2) is 0 Å². The summed E-state index contributed by atoms with van der Waals surface area (Å²) in [6.07, 6.45) is 0. The monoisotopic (exact) mass is 254 g/mol. The van der Waals surface area contributed by atoms with Gasteiger partial charge in [-0.3, -0.25) is 0 Å². The first-order valence-electron chi connectivity index (χ1n) is 5.69. The van der Waals surface area contributed by atoms with Crippen LogP contribution in [0.3, 0.4) is 0 Å². The van der Waals surface area contributed by atoms with Crippen molar-refractivity contribution in [2.24, 2.45) is 0 Å². The highest BCUT2D eigenvalue weighted by molar-refractivity contribution is 7.97. The Morgan fingerprint density at radius 3 is 1.89 bits per heavy atom. The van der Waals surface area contributed by atoms with Crippen molar-refractivity contribution in [3.63, 3.8) is 0 Å². The van der Waals surface area contributed by atoms with Crippen molar-refractivity contribution in [2.45, 2.75) is 11.5 Å². The maximum absolute atomic E-state index is 8.71. The normalized spacial score (nSPS) is 9.94. The summed E-state index contributed by atoms with van der Waals surface area (Å²) in [5, 5.41) is 8.71. The zero-order chi connectivity index (χ0) is 12.8. The highest BCUT2D eigenvalue weighted by Gasteiger charge is 1.97. The summed E-state index contributed by atoms with van der Waals surface area (Å²) in [6.45, 7) is 0. The Bertz CT molecular complexity index is 538. The van der Waals surface area contributed by atoms with E-state index in [1.165, 1.54) is 11.1 Å². The Hall–Kier alpha value is -1.92. The Labute approximate surface area is 111 Å². The number of hydrogen-bond acceptors (Lipinski definition) is 3. The average molecular weight is 254 g/mol. The molecule has 0 saturated heterocycles. The highest BCUT2D eigenvalue weighted by atomic mass is 32.2. The molecule has 0 aliphatic heterocycles. The van der Waals surface area contributed by atoms with Gasteiger partial charge in [-0.15, -0.1) is 0 Å². The molecule has 3 heteroatoms. The number of nitrogen functional groups attached to an aromatic ring is 1. The maximum atomic E-state index is 8.71. The molecule has 0 heterocycles. The first kappa shape index (κ1) is 12.5. The van der Waals surface area contributed by atoms with Crippen LogP contribution < -0.4 is 5.73 Å². The van der Waals surface area contributed by atoms with Crippen LogP contribution in [0.4, 0.5) is 5.69 Å². The van der Waals surface area contributed by atoms with Gasteiger partial charge in [0.2, 0.25) is 0 Å². The molecule has 2 aromatic rings. The molecule has 2 rings (SSSR count). The van der Waals surface area contributed by atoms with Crippen LogP contribution in [0.5, 0.6) is 0 Å². The molecule has 0 atom stereocenters. The lowest BCUT2D eigenvalue weighted by Gasteiger charge is -2.03. The van der Waals surface area contributed by atoms with Crippen molar-refractivity contribution in [3.05, 3.63) is 65.2 Å². The first-order chi connectivity index (χ1) is 8.78. The fraction of sp³-hybridized carbons (Fsp3) is 0.133. The Morgan fingerprint density at radius 2 is 1.39 bits per heavy atom. The van der Waals surface area contributed by atoms with E-state index < -0.39 is 0 Å². The molecule has 0 spiro atoms. The van der Waals surface area contributed by atoms with Crippen molar-refractivity contribution in [1.29, 1.82) is 5.26 Å². The summed E-state index contributed by atoms with van der Waals surface area (Å²) in [5.41, 5.74) is 9.68. The van der Waals surface area contributed by atoms with E-state index in [0.717, 1.165) is 17.2 Å². The van der Waals surface area contributed by atoms with Gasteiger partial charge in [0.05, 0.1) is 11.6 Å². The first-order valence-corrected chi connectivity index (χ1v) is 6.84. The van der Waals surface area contributed by atoms with Crippen LogP contribution in [-0.2, 0) is 11.5 Å². The number of benzene rings is 2. The third kappa shape index (κ3) is 3.54. The second-order valence-electron chi connectivity index (χ2n) is 4.04. The summed E-state index contributed by atoms with van der Waals surface area (Å²) in [6, 6.07) is 17.8. The number of hydrogen-bond donors (Lipinski definition) is 1. The van der Waals surface area contributed by atoms with E-state index in [-0.39, 0.29) is 0 Å². The lowest BCUT2D eigenvalue weighted by Crippen LogP contribution is -1.86. The van der Waals surface area contributed by atoms with Crippen molar-refractivity contribution in [2.75, 3.05) is 5.73 Å². The van der Waals surface area contributed by atoms with E-state index >= 15 is 0 Å². The van der Waals surface area contributed by atoms with Crippen LogP contribution in [0.2, 0.25) is 0 Å². The standard InChI is InChI=1S/C15H14N2S/c16-9-12-1-3-13(4-2-12)10-18-11-14-5-7-15(17)8-6-14/h1-8H,10-11,17H2. The Morgan fingerprint density at radius 1 is 0.889 bits per heavy atom. The molecule has 90 valence electrons. The number of nitriles is 1. The van der Waals surface area contributed by atoms with Crippen LogP contribution in [0.25, 0.3) is 0 Å². The summed E-state index contributed by atoms with van der Waals surface area (Å²) in [5.74, 6) is 1.93. The molecule has 0 unspecified atom stereocenters. The molecule has 0 saturated carbocycles. The zero-order valence-corrected chi connectivity index (χ0v) is 10.8. The largest absolute Gasteiger partial charge is 0.399 e. The molecule has 0 aliphatic rings. The third-order valence-corrected chi connectivity index (χ3v) is 3.68. The minimum Gasteiger partial charge on any atom is -0.399 e. The van der Waals surface area contributed by atoms with E-state index in [4.69, 9.17) is 11.0 Å². The average Bonchev–Trinajstić information content (AvgIpc) is 2.42. The molecule has 0 aromatic heterocycles. The summed E-state index contributed by atoms with van der Waals surface area (Å²) in [4.78, 5) is 0. The second-order valence-corrected chi connectivity index (χ2v) is 5.03. The van der Waals surface area contributed by atoms with Crippen molar-refractivity contribution in [3.8, 4) is 6.07 Å².